The molecule has 2 aromatic rings. The predicted molar refractivity (Wildman–Crippen MR) is 101 cm³/mol. The van der Waals surface area contributed by atoms with Gasteiger partial charge in [0.15, 0.2) is 5.78 Å². The molecule has 148 valence electrons. The van der Waals surface area contributed by atoms with E-state index in [1.54, 1.807) is 0 Å². The molecule has 0 radical (unpaired) electrons. The Balaban J connectivity index is 0.000000176. The maximum atomic E-state index is 12.7. The number of carbonyl (C=O) groups is 2. The molecule has 5 rings (SSSR count). The minimum Gasteiger partial charge on any atom is -0.469 e. The van der Waals surface area contributed by atoms with Crippen molar-refractivity contribution in [3.8, 4) is 0 Å². The molecule has 6 nitrogen and oxygen atoms in total. The second-order valence-electron chi connectivity index (χ2n) is 6.59. The van der Waals surface area contributed by atoms with Crippen molar-refractivity contribution in [2.75, 3.05) is 11.8 Å². The molecule has 0 amide bonds. The van der Waals surface area contributed by atoms with E-state index < -0.39 is 15.8 Å². The number of benzene rings is 2. The molecule has 28 heavy (non-hydrogen) atoms. The molecule has 2 aromatic carbocycles. The summed E-state index contributed by atoms with van der Waals surface area (Å²) in [6.07, 6.45) is 3.74. The molecular formula is C20H20FNO5S. The first kappa shape index (κ1) is 20.0. The van der Waals surface area contributed by atoms with Crippen molar-refractivity contribution in [2.24, 2.45) is 0 Å². The predicted octanol–water partition coefficient (Wildman–Crippen LogP) is 3.25. The summed E-state index contributed by atoms with van der Waals surface area (Å²) in [6, 6.07) is 9.78. The highest BCUT2D eigenvalue weighted by atomic mass is 32.2. The summed E-state index contributed by atoms with van der Waals surface area (Å²) in [5.41, 5.74) is 3.63. The van der Waals surface area contributed by atoms with Gasteiger partial charge in [-0.25, -0.2) is 12.8 Å². The summed E-state index contributed by atoms with van der Waals surface area (Å²) in [6.45, 7) is 0. The number of rotatable bonds is 4. The number of esters is 1. The van der Waals surface area contributed by atoms with Crippen LogP contribution in [-0.2, 0) is 32.4 Å². The Morgan fingerprint density at radius 1 is 1.07 bits per heavy atom. The third kappa shape index (κ3) is 4.39. The van der Waals surface area contributed by atoms with E-state index in [0.29, 0.717) is 0 Å². The van der Waals surface area contributed by atoms with E-state index in [9.17, 15) is 22.4 Å². The first-order valence-corrected chi connectivity index (χ1v) is 10.3. The molecule has 0 atom stereocenters. The maximum Gasteiger partial charge on any atom is 0.305 e. The van der Waals surface area contributed by atoms with Crippen LogP contribution in [0.25, 0.3) is 0 Å². The van der Waals surface area contributed by atoms with Gasteiger partial charge in [-0.05, 0) is 54.7 Å². The Morgan fingerprint density at radius 2 is 1.82 bits per heavy atom. The van der Waals surface area contributed by atoms with Crippen LogP contribution in [0, 0.1) is 5.82 Å². The smallest absolute Gasteiger partial charge is 0.305 e. The van der Waals surface area contributed by atoms with Crippen LogP contribution < -0.4 is 4.72 Å². The van der Waals surface area contributed by atoms with Gasteiger partial charge in [-0.15, -0.1) is 0 Å². The molecule has 0 fully saturated rings. The van der Waals surface area contributed by atoms with Crippen molar-refractivity contribution in [1.29, 1.82) is 0 Å². The molecule has 0 unspecified atom stereocenters. The van der Waals surface area contributed by atoms with Gasteiger partial charge < -0.3 is 4.74 Å². The van der Waals surface area contributed by atoms with Gasteiger partial charge >= 0.3 is 5.97 Å². The molecule has 1 aliphatic carbocycles. The lowest BCUT2D eigenvalue weighted by molar-refractivity contribution is -0.140. The van der Waals surface area contributed by atoms with E-state index in [0.717, 1.165) is 24.5 Å². The number of methoxy groups -OCH3 is 1. The second-order valence-corrected chi connectivity index (χ2v) is 8.24. The maximum absolute atomic E-state index is 12.7. The summed E-state index contributed by atoms with van der Waals surface area (Å²) < 4.78 is 41.3. The molecule has 0 aromatic heterocycles. The highest BCUT2D eigenvalue weighted by Gasteiger charge is 2.24. The highest BCUT2D eigenvalue weighted by Crippen LogP contribution is 2.27. The second kappa shape index (κ2) is 8.10. The van der Waals surface area contributed by atoms with Crippen molar-refractivity contribution in [2.45, 2.75) is 37.0 Å². The van der Waals surface area contributed by atoms with Crippen molar-refractivity contribution in [1.82, 2.24) is 0 Å². The molecule has 1 N–H and O–H groups in total. The van der Waals surface area contributed by atoms with Gasteiger partial charge in [-0.2, -0.15) is 0 Å². The van der Waals surface area contributed by atoms with Gasteiger partial charge in [-0.1, -0.05) is 12.1 Å². The number of hydrogen-bond acceptors (Lipinski definition) is 5. The van der Waals surface area contributed by atoms with E-state index in [1.807, 2.05) is 18.2 Å². The molecule has 8 heteroatoms. The standard InChI is InChI=1S/C14H16O3.C6H4FNO2S/c1-17-14(16)8-7-13(15)12-6-5-10-3-2-4-11(10)9-12;7-5-3-4-1-2-6(5)11(9,10)8-4/h5-6,9H,2-4,7-8H2,1H3;1-3,8H. The zero-order chi connectivity index (χ0) is 20.3. The summed E-state index contributed by atoms with van der Waals surface area (Å²) in [4.78, 5) is 22.5. The Bertz CT molecular complexity index is 1030. The van der Waals surface area contributed by atoms with Crippen LogP contribution in [0.15, 0.2) is 41.3 Å². The third-order valence-electron chi connectivity index (χ3n) is 4.68. The summed E-state index contributed by atoms with van der Waals surface area (Å²) in [5.74, 6) is -1.01. The van der Waals surface area contributed by atoms with Crippen LogP contribution in [0.2, 0.25) is 0 Å². The number of Topliss-reactive ketones (excluding diaryl/α,β-unsaturated/α-hetero) is 1. The van der Waals surface area contributed by atoms with E-state index in [-0.39, 0.29) is 35.2 Å². The lowest BCUT2D eigenvalue weighted by Crippen LogP contribution is -2.19. The fourth-order valence-electron chi connectivity index (χ4n) is 3.20. The van der Waals surface area contributed by atoms with Gasteiger partial charge in [0.1, 0.15) is 10.7 Å². The van der Waals surface area contributed by atoms with Crippen molar-refractivity contribution >= 4 is 27.5 Å². The Morgan fingerprint density at radius 3 is 2.43 bits per heavy atom. The molecule has 2 aliphatic heterocycles. The van der Waals surface area contributed by atoms with E-state index in [2.05, 4.69) is 9.46 Å². The number of ketones is 1. The fraction of sp³-hybridized carbons (Fsp3) is 0.300. The van der Waals surface area contributed by atoms with Gasteiger partial charge in [0, 0.05) is 12.0 Å². The number of fused-ring (bicyclic) bond motifs is 4. The number of hydrogen-bond donors (Lipinski definition) is 1. The van der Waals surface area contributed by atoms with Crippen LogP contribution >= 0.6 is 0 Å². The Hall–Kier alpha value is -2.74. The van der Waals surface area contributed by atoms with E-state index in [1.165, 1.54) is 36.8 Å². The van der Waals surface area contributed by atoms with Crippen LogP contribution in [0.5, 0.6) is 0 Å². The quantitative estimate of drug-likeness (QED) is 0.623. The first-order valence-electron chi connectivity index (χ1n) is 8.84. The molecular weight excluding hydrogens is 385 g/mol. The first-order chi connectivity index (χ1) is 13.3. The zero-order valence-corrected chi connectivity index (χ0v) is 16.1. The number of carbonyl (C=O) groups excluding carboxylic acids is 2. The van der Waals surface area contributed by atoms with Crippen LogP contribution in [-0.4, -0.2) is 27.3 Å². The summed E-state index contributed by atoms with van der Waals surface area (Å²) in [5, 5.41) is 0. The largest absolute Gasteiger partial charge is 0.469 e. The van der Waals surface area contributed by atoms with Crippen molar-refractivity contribution in [3.63, 3.8) is 0 Å². The Labute approximate surface area is 162 Å². The molecule has 2 heterocycles. The number of aryl methyl sites for hydroxylation is 2. The van der Waals surface area contributed by atoms with Crippen LogP contribution in [0.4, 0.5) is 10.1 Å². The minimum atomic E-state index is -3.57. The average molecular weight is 405 g/mol. The Kier molecular flexibility index (Phi) is 5.79. The van der Waals surface area contributed by atoms with Gasteiger partial charge in [0.05, 0.1) is 19.2 Å². The van der Waals surface area contributed by atoms with Crippen LogP contribution in [0.3, 0.4) is 0 Å². The number of nitrogens with one attached hydrogen (secondary N) is 1. The molecule has 2 bridgehead atoms. The highest BCUT2D eigenvalue weighted by molar-refractivity contribution is 7.92. The van der Waals surface area contributed by atoms with Gasteiger partial charge in [0.25, 0.3) is 10.0 Å². The number of sulfonamides is 1. The number of halogens is 1. The minimum absolute atomic E-state index is 0.0186. The third-order valence-corrected chi connectivity index (χ3v) is 6.09. The zero-order valence-electron chi connectivity index (χ0n) is 15.3. The lowest BCUT2D eigenvalue weighted by Gasteiger charge is -2.15. The molecule has 0 spiro atoms. The van der Waals surface area contributed by atoms with Gasteiger partial charge in [-0.3, -0.25) is 14.3 Å². The van der Waals surface area contributed by atoms with Crippen molar-refractivity contribution < 1.29 is 27.1 Å². The molecule has 0 saturated carbocycles. The van der Waals surface area contributed by atoms with Gasteiger partial charge in [0.2, 0.25) is 0 Å². The van der Waals surface area contributed by atoms with Crippen LogP contribution in [0.1, 0.15) is 40.7 Å². The summed E-state index contributed by atoms with van der Waals surface area (Å²) >= 11 is 0. The summed E-state index contributed by atoms with van der Waals surface area (Å²) in [7, 11) is -2.24. The normalized spacial score (nSPS) is 15.1. The number of anilines is 1. The monoisotopic (exact) mass is 405 g/mol. The van der Waals surface area contributed by atoms with Crippen molar-refractivity contribution in [3.05, 3.63) is 58.9 Å². The molecule has 3 aliphatic rings. The SMILES string of the molecule is COC(=O)CCC(=O)c1ccc2c(c1)CCC2.O=S1(=O)Nc2ccc1c(F)c2. The lowest BCUT2D eigenvalue weighted by atomic mass is 10.0. The molecule has 0 saturated heterocycles. The van der Waals surface area contributed by atoms with E-state index >= 15 is 0 Å². The number of ether oxygens (including phenoxy) is 1. The van der Waals surface area contributed by atoms with E-state index in [4.69, 9.17) is 0 Å². The average Bonchev–Trinajstić information content (AvgIpc) is 3.13. The fourth-order valence-corrected chi connectivity index (χ4v) is 4.31. The topological polar surface area (TPSA) is 89.5 Å².